The molecule has 0 spiro atoms. The van der Waals surface area contributed by atoms with Crippen LogP contribution in [0.1, 0.15) is 5.69 Å². The zero-order valence-electron chi connectivity index (χ0n) is 9.06. The quantitative estimate of drug-likeness (QED) is 0.806. The summed E-state index contributed by atoms with van der Waals surface area (Å²) < 4.78 is 0. The number of nitrogens with zero attached hydrogens (tertiary/aromatic N) is 2. The summed E-state index contributed by atoms with van der Waals surface area (Å²) in [5, 5.41) is 17.5. The number of H-pyrrole nitrogens is 1. The smallest absolute Gasteiger partial charge is 0.0924 e. The summed E-state index contributed by atoms with van der Waals surface area (Å²) in [4.78, 5) is 2.32. The number of hydrogen-bond donors (Lipinski definition) is 2. The lowest BCUT2D eigenvalue weighted by molar-refractivity contribution is 0.0473. The molecular formula is C12H15N3O. The molecule has 0 radical (unpaired) electrons. The topological polar surface area (TPSA) is 52.1 Å². The van der Waals surface area contributed by atoms with E-state index in [1.54, 1.807) is 0 Å². The fourth-order valence-corrected chi connectivity index (χ4v) is 2.28. The molecule has 4 heteroatoms. The van der Waals surface area contributed by atoms with E-state index in [1.165, 1.54) is 11.1 Å². The molecule has 3 rings (SSSR count). The first kappa shape index (κ1) is 9.81. The Labute approximate surface area is 93.9 Å². The monoisotopic (exact) mass is 217 g/mol. The molecule has 1 aromatic carbocycles. The highest BCUT2D eigenvalue weighted by Gasteiger charge is 2.26. The maximum atomic E-state index is 8.95. The fourth-order valence-electron chi connectivity index (χ4n) is 2.28. The molecule has 0 unspecified atom stereocenters. The summed E-state index contributed by atoms with van der Waals surface area (Å²) in [6.45, 7) is 3.19. The highest BCUT2D eigenvalue weighted by atomic mass is 16.3. The van der Waals surface area contributed by atoms with Crippen molar-refractivity contribution < 1.29 is 5.11 Å². The van der Waals surface area contributed by atoms with E-state index in [1.807, 2.05) is 18.2 Å². The minimum absolute atomic E-state index is 0.306. The van der Waals surface area contributed by atoms with Crippen LogP contribution in [0.5, 0.6) is 0 Å². The number of fused-ring (bicyclic) bond motifs is 1. The van der Waals surface area contributed by atoms with Crippen molar-refractivity contribution in [3.63, 3.8) is 0 Å². The summed E-state index contributed by atoms with van der Waals surface area (Å²) >= 11 is 0. The van der Waals surface area contributed by atoms with Gasteiger partial charge in [-0.05, 0) is 6.07 Å². The maximum absolute atomic E-state index is 8.95. The van der Waals surface area contributed by atoms with Crippen molar-refractivity contribution in [1.29, 1.82) is 0 Å². The fraction of sp³-hybridized carbons (Fsp3) is 0.417. The van der Waals surface area contributed by atoms with Gasteiger partial charge in [-0.2, -0.15) is 5.10 Å². The number of nitrogens with one attached hydrogen (secondary N) is 1. The van der Waals surface area contributed by atoms with Crippen LogP contribution in [0.4, 0.5) is 0 Å². The van der Waals surface area contributed by atoms with Crippen molar-refractivity contribution in [2.24, 2.45) is 5.92 Å². The van der Waals surface area contributed by atoms with Crippen molar-refractivity contribution >= 4 is 10.9 Å². The van der Waals surface area contributed by atoms with E-state index in [2.05, 4.69) is 21.2 Å². The van der Waals surface area contributed by atoms with Crippen molar-refractivity contribution in [3.8, 4) is 0 Å². The SMILES string of the molecule is OCC1CN(Cc2[nH]nc3ccccc23)C1. The zero-order chi connectivity index (χ0) is 11.0. The first-order valence-electron chi connectivity index (χ1n) is 5.62. The lowest BCUT2D eigenvalue weighted by Gasteiger charge is -2.37. The third-order valence-corrected chi connectivity index (χ3v) is 3.21. The predicted octanol–water partition coefficient (Wildman–Crippen LogP) is 0.987. The second-order valence-electron chi connectivity index (χ2n) is 4.46. The number of aromatic amines is 1. The Morgan fingerprint density at radius 3 is 3.00 bits per heavy atom. The molecule has 0 saturated carbocycles. The lowest BCUT2D eigenvalue weighted by Crippen LogP contribution is -2.47. The van der Waals surface area contributed by atoms with E-state index in [-0.39, 0.29) is 0 Å². The maximum Gasteiger partial charge on any atom is 0.0924 e. The molecule has 0 atom stereocenters. The van der Waals surface area contributed by atoms with Crippen LogP contribution in [-0.2, 0) is 6.54 Å². The van der Waals surface area contributed by atoms with E-state index >= 15 is 0 Å². The van der Waals surface area contributed by atoms with Crippen LogP contribution >= 0.6 is 0 Å². The molecule has 1 aliphatic heterocycles. The van der Waals surface area contributed by atoms with E-state index in [9.17, 15) is 0 Å². The van der Waals surface area contributed by atoms with Gasteiger partial charge in [0.25, 0.3) is 0 Å². The van der Waals surface area contributed by atoms with E-state index in [0.29, 0.717) is 12.5 Å². The standard InChI is InChI=1S/C12H15N3O/c16-8-9-5-15(6-9)7-12-10-3-1-2-4-11(10)13-14-12/h1-4,9,16H,5-8H2,(H,13,14). The molecule has 4 nitrogen and oxygen atoms in total. The number of rotatable bonds is 3. The molecule has 2 N–H and O–H groups in total. The van der Waals surface area contributed by atoms with Crippen LogP contribution < -0.4 is 0 Å². The van der Waals surface area contributed by atoms with Gasteiger partial charge in [0.15, 0.2) is 0 Å². The minimum Gasteiger partial charge on any atom is -0.396 e. The van der Waals surface area contributed by atoms with Gasteiger partial charge in [0.05, 0.1) is 11.2 Å². The van der Waals surface area contributed by atoms with Crippen molar-refractivity contribution in [2.45, 2.75) is 6.54 Å². The van der Waals surface area contributed by atoms with Gasteiger partial charge >= 0.3 is 0 Å². The number of likely N-dealkylation sites (tertiary alicyclic amines) is 1. The minimum atomic E-state index is 0.306. The normalized spacial score (nSPS) is 17.8. The molecule has 1 aliphatic rings. The average molecular weight is 217 g/mol. The third kappa shape index (κ3) is 1.60. The number of para-hydroxylation sites is 1. The molecule has 1 saturated heterocycles. The van der Waals surface area contributed by atoms with E-state index in [0.717, 1.165) is 25.2 Å². The molecule has 0 amide bonds. The van der Waals surface area contributed by atoms with Gasteiger partial charge in [-0.15, -0.1) is 0 Å². The molecule has 2 heterocycles. The number of aliphatic hydroxyl groups excluding tert-OH is 1. The van der Waals surface area contributed by atoms with Crippen LogP contribution in [0.15, 0.2) is 24.3 Å². The largest absolute Gasteiger partial charge is 0.396 e. The van der Waals surface area contributed by atoms with Crippen LogP contribution in [0, 0.1) is 5.92 Å². The Kier molecular flexibility index (Phi) is 2.38. The zero-order valence-corrected chi connectivity index (χ0v) is 9.06. The third-order valence-electron chi connectivity index (χ3n) is 3.21. The number of hydrogen-bond acceptors (Lipinski definition) is 3. The Bertz CT molecular complexity index is 488. The molecule has 1 fully saturated rings. The average Bonchev–Trinajstić information content (AvgIpc) is 2.66. The molecule has 16 heavy (non-hydrogen) atoms. The second-order valence-corrected chi connectivity index (χ2v) is 4.46. The predicted molar refractivity (Wildman–Crippen MR) is 61.9 cm³/mol. The highest BCUT2D eigenvalue weighted by Crippen LogP contribution is 2.21. The summed E-state index contributed by atoms with van der Waals surface area (Å²) in [7, 11) is 0. The van der Waals surface area contributed by atoms with Gasteiger partial charge in [-0.25, -0.2) is 0 Å². The Hall–Kier alpha value is -1.39. The van der Waals surface area contributed by atoms with Gasteiger partial charge in [-0.3, -0.25) is 10.00 Å². The number of aliphatic hydroxyl groups is 1. The van der Waals surface area contributed by atoms with Gasteiger partial charge in [0.2, 0.25) is 0 Å². The Balaban J connectivity index is 1.75. The second kappa shape index (κ2) is 3.88. The summed E-state index contributed by atoms with van der Waals surface area (Å²) in [6, 6.07) is 8.14. The van der Waals surface area contributed by atoms with Gasteiger partial charge in [0.1, 0.15) is 0 Å². The molecule has 84 valence electrons. The van der Waals surface area contributed by atoms with Crippen molar-refractivity contribution in [3.05, 3.63) is 30.0 Å². The molecule has 0 aliphatic carbocycles. The van der Waals surface area contributed by atoms with Crippen molar-refractivity contribution in [1.82, 2.24) is 15.1 Å². The number of aromatic nitrogens is 2. The van der Waals surface area contributed by atoms with E-state index in [4.69, 9.17) is 5.11 Å². The first-order valence-corrected chi connectivity index (χ1v) is 5.62. The lowest BCUT2D eigenvalue weighted by atomic mass is 10.0. The van der Waals surface area contributed by atoms with Crippen LogP contribution in [0.3, 0.4) is 0 Å². The first-order chi connectivity index (χ1) is 7.86. The molecule has 2 aromatic rings. The van der Waals surface area contributed by atoms with Gasteiger partial charge in [-0.1, -0.05) is 18.2 Å². The molecular weight excluding hydrogens is 202 g/mol. The van der Waals surface area contributed by atoms with Crippen LogP contribution in [-0.4, -0.2) is 39.9 Å². The summed E-state index contributed by atoms with van der Waals surface area (Å²) in [5.74, 6) is 0.467. The summed E-state index contributed by atoms with van der Waals surface area (Å²) in [6.07, 6.45) is 0. The van der Waals surface area contributed by atoms with Crippen molar-refractivity contribution in [2.75, 3.05) is 19.7 Å². The number of benzene rings is 1. The molecule has 0 bridgehead atoms. The Morgan fingerprint density at radius 2 is 2.19 bits per heavy atom. The van der Waals surface area contributed by atoms with Gasteiger partial charge in [0, 0.05) is 37.5 Å². The van der Waals surface area contributed by atoms with E-state index < -0.39 is 0 Å². The Morgan fingerprint density at radius 1 is 1.38 bits per heavy atom. The van der Waals surface area contributed by atoms with Gasteiger partial charge < -0.3 is 5.11 Å². The highest BCUT2D eigenvalue weighted by molar-refractivity contribution is 5.81. The molecule has 1 aromatic heterocycles. The van der Waals surface area contributed by atoms with Crippen LogP contribution in [0.25, 0.3) is 10.9 Å². The van der Waals surface area contributed by atoms with Crippen LogP contribution in [0.2, 0.25) is 0 Å². The summed E-state index contributed by atoms with van der Waals surface area (Å²) in [5.41, 5.74) is 2.20.